The van der Waals surface area contributed by atoms with Gasteiger partial charge in [0, 0.05) is 11.0 Å². The van der Waals surface area contributed by atoms with Crippen molar-refractivity contribution in [3.8, 4) is 11.5 Å². The Balaban J connectivity index is 1.75. The predicted octanol–water partition coefficient (Wildman–Crippen LogP) is 5.25. The molecule has 0 fully saturated rings. The molecule has 1 heterocycles. The molecule has 166 valence electrons. The number of hydrogen-bond acceptors (Lipinski definition) is 6. The van der Waals surface area contributed by atoms with Crippen molar-refractivity contribution >= 4 is 34.3 Å². The predicted molar refractivity (Wildman–Crippen MR) is 123 cm³/mol. The molecule has 0 spiro atoms. The highest BCUT2D eigenvalue weighted by atomic mass is 32.1. The number of thiophene rings is 1. The third-order valence-corrected chi connectivity index (χ3v) is 6.17. The molecule has 31 heavy (non-hydrogen) atoms. The van der Waals surface area contributed by atoms with Crippen LogP contribution in [0.2, 0.25) is 0 Å². The fourth-order valence-corrected chi connectivity index (χ4v) is 4.80. The molecule has 1 N–H and O–H groups in total. The Morgan fingerprint density at radius 1 is 1.16 bits per heavy atom. The number of amides is 1. The Kier molecular flexibility index (Phi) is 8.12. The van der Waals surface area contributed by atoms with Gasteiger partial charge < -0.3 is 19.5 Å². The number of rotatable bonds is 9. The van der Waals surface area contributed by atoms with Gasteiger partial charge in [0.15, 0.2) is 11.5 Å². The van der Waals surface area contributed by atoms with Gasteiger partial charge in [-0.1, -0.05) is 13.0 Å². The normalized spacial score (nSPS) is 13.0. The molecule has 0 saturated carbocycles. The summed E-state index contributed by atoms with van der Waals surface area (Å²) in [7, 11) is 1.59. The number of fused-ring (bicyclic) bond motifs is 1. The molecule has 0 radical (unpaired) electrons. The lowest BCUT2D eigenvalue weighted by atomic mass is 9.95. The maximum absolute atomic E-state index is 12.6. The quantitative estimate of drug-likeness (QED) is 0.423. The lowest BCUT2D eigenvalue weighted by Crippen LogP contribution is -2.14. The number of benzene rings is 1. The number of carbonyl (C=O) groups excluding carboxylic acids is 2. The monoisotopic (exact) mass is 443 g/mol. The van der Waals surface area contributed by atoms with E-state index in [9.17, 15) is 9.59 Å². The van der Waals surface area contributed by atoms with E-state index in [0.29, 0.717) is 35.3 Å². The second-order valence-electron chi connectivity index (χ2n) is 7.22. The summed E-state index contributed by atoms with van der Waals surface area (Å²) in [5.74, 6) is 0.628. The molecule has 0 aliphatic heterocycles. The molecule has 6 nitrogen and oxygen atoms in total. The van der Waals surface area contributed by atoms with Gasteiger partial charge in [0.25, 0.3) is 0 Å². The number of methoxy groups -OCH3 is 1. The standard InChI is InChI=1S/C24H29NO5S/c1-4-14-30-18-12-10-16(15-19(18)28-3)11-13-21(26)25-23-22(24(27)29-5-2)17-8-6-7-9-20(17)31-23/h10-13,15H,4-9,14H2,1-3H3,(H,25,26)/b13-11+. The molecule has 1 aliphatic carbocycles. The summed E-state index contributed by atoms with van der Waals surface area (Å²) in [6, 6.07) is 5.52. The van der Waals surface area contributed by atoms with Gasteiger partial charge in [0.1, 0.15) is 5.00 Å². The minimum Gasteiger partial charge on any atom is -0.493 e. The summed E-state index contributed by atoms with van der Waals surface area (Å²) in [5, 5.41) is 3.45. The van der Waals surface area contributed by atoms with Gasteiger partial charge in [-0.15, -0.1) is 11.3 Å². The van der Waals surface area contributed by atoms with Crippen molar-refractivity contribution in [3.63, 3.8) is 0 Å². The van der Waals surface area contributed by atoms with E-state index >= 15 is 0 Å². The Morgan fingerprint density at radius 3 is 2.71 bits per heavy atom. The van der Waals surface area contributed by atoms with E-state index in [2.05, 4.69) is 5.32 Å². The van der Waals surface area contributed by atoms with E-state index in [1.807, 2.05) is 25.1 Å². The lowest BCUT2D eigenvalue weighted by molar-refractivity contribution is -0.111. The van der Waals surface area contributed by atoms with Crippen LogP contribution >= 0.6 is 11.3 Å². The average Bonchev–Trinajstić information content (AvgIpc) is 3.14. The molecule has 0 saturated heterocycles. The molecule has 1 amide bonds. The van der Waals surface area contributed by atoms with E-state index in [1.54, 1.807) is 20.1 Å². The van der Waals surface area contributed by atoms with Crippen LogP contribution in [0.15, 0.2) is 24.3 Å². The van der Waals surface area contributed by atoms with Gasteiger partial charge in [-0.05, 0) is 68.4 Å². The highest BCUT2D eigenvalue weighted by Crippen LogP contribution is 2.38. The van der Waals surface area contributed by atoms with Crippen LogP contribution in [0.25, 0.3) is 6.08 Å². The number of hydrogen-bond donors (Lipinski definition) is 1. The summed E-state index contributed by atoms with van der Waals surface area (Å²) in [5.41, 5.74) is 2.36. The van der Waals surface area contributed by atoms with Crippen molar-refractivity contribution in [2.24, 2.45) is 0 Å². The number of carbonyl (C=O) groups is 2. The van der Waals surface area contributed by atoms with E-state index in [0.717, 1.165) is 43.2 Å². The molecular weight excluding hydrogens is 414 g/mol. The van der Waals surface area contributed by atoms with Crippen LogP contribution in [0.4, 0.5) is 5.00 Å². The number of ether oxygens (including phenoxy) is 3. The molecule has 1 aromatic carbocycles. The van der Waals surface area contributed by atoms with Crippen molar-refractivity contribution in [2.45, 2.75) is 46.0 Å². The molecular formula is C24H29NO5S. The van der Waals surface area contributed by atoms with Crippen LogP contribution in [-0.4, -0.2) is 32.2 Å². The van der Waals surface area contributed by atoms with Gasteiger partial charge >= 0.3 is 5.97 Å². The van der Waals surface area contributed by atoms with Crippen LogP contribution < -0.4 is 14.8 Å². The number of aryl methyl sites for hydroxylation is 1. The second kappa shape index (κ2) is 11.0. The molecule has 0 atom stereocenters. The van der Waals surface area contributed by atoms with Crippen molar-refractivity contribution < 1.29 is 23.8 Å². The van der Waals surface area contributed by atoms with Crippen LogP contribution in [0.5, 0.6) is 11.5 Å². The van der Waals surface area contributed by atoms with Gasteiger partial charge in [0.2, 0.25) is 5.91 Å². The molecule has 1 aromatic heterocycles. The summed E-state index contributed by atoms with van der Waals surface area (Å²) in [6.07, 6.45) is 7.99. The first-order valence-electron chi connectivity index (χ1n) is 10.7. The zero-order valence-corrected chi connectivity index (χ0v) is 19.1. The van der Waals surface area contributed by atoms with Crippen molar-refractivity contribution in [3.05, 3.63) is 45.8 Å². The topological polar surface area (TPSA) is 73.9 Å². The first kappa shape index (κ1) is 22.9. The number of esters is 1. The maximum atomic E-state index is 12.6. The molecule has 3 rings (SSSR count). The second-order valence-corrected chi connectivity index (χ2v) is 8.32. The van der Waals surface area contributed by atoms with Gasteiger partial charge in [0.05, 0.1) is 25.9 Å². The van der Waals surface area contributed by atoms with Crippen LogP contribution in [0.1, 0.15) is 59.5 Å². The van der Waals surface area contributed by atoms with Crippen molar-refractivity contribution in [2.75, 3.05) is 25.6 Å². The number of nitrogens with one attached hydrogen (secondary N) is 1. The minimum absolute atomic E-state index is 0.297. The highest BCUT2D eigenvalue weighted by Gasteiger charge is 2.26. The van der Waals surface area contributed by atoms with Gasteiger partial charge in [-0.3, -0.25) is 4.79 Å². The van der Waals surface area contributed by atoms with E-state index in [1.165, 1.54) is 22.3 Å². The lowest BCUT2D eigenvalue weighted by Gasteiger charge is -2.12. The van der Waals surface area contributed by atoms with Gasteiger partial charge in [-0.2, -0.15) is 0 Å². The van der Waals surface area contributed by atoms with Crippen molar-refractivity contribution in [1.82, 2.24) is 0 Å². The summed E-state index contributed by atoms with van der Waals surface area (Å²) < 4.78 is 16.3. The smallest absolute Gasteiger partial charge is 0.341 e. The Labute approximate surface area is 187 Å². The van der Waals surface area contributed by atoms with Crippen molar-refractivity contribution in [1.29, 1.82) is 0 Å². The van der Waals surface area contributed by atoms with Gasteiger partial charge in [-0.25, -0.2) is 4.79 Å². The molecule has 0 unspecified atom stereocenters. The zero-order valence-electron chi connectivity index (χ0n) is 18.3. The number of anilines is 1. The zero-order chi connectivity index (χ0) is 22.2. The fraction of sp³-hybridized carbons (Fsp3) is 0.417. The van der Waals surface area contributed by atoms with E-state index < -0.39 is 0 Å². The largest absolute Gasteiger partial charge is 0.493 e. The maximum Gasteiger partial charge on any atom is 0.341 e. The Morgan fingerprint density at radius 2 is 1.97 bits per heavy atom. The molecule has 2 aromatic rings. The third-order valence-electron chi connectivity index (χ3n) is 4.96. The van der Waals surface area contributed by atoms with Crippen LogP contribution in [-0.2, 0) is 22.4 Å². The van der Waals surface area contributed by atoms with E-state index in [4.69, 9.17) is 14.2 Å². The molecule has 7 heteroatoms. The minimum atomic E-state index is -0.367. The van der Waals surface area contributed by atoms with Crippen LogP contribution in [0, 0.1) is 0 Å². The average molecular weight is 444 g/mol. The highest BCUT2D eigenvalue weighted by molar-refractivity contribution is 7.17. The summed E-state index contributed by atoms with van der Waals surface area (Å²) in [4.78, 5) is 26.3. The molecule has 1 aliphatic rings. The summed E-state index contributed by atoms with van der Waals surface area (Å²) >= 11 is 1.48. The van der Waals surface area contributed by atoms with E-state index in [-0.39, 0.29) is 11.9 Å². The summed E-state index contributed by atoms with van der Waals surface area (Å²) in [6.45, 7) is 4.74. The SMILES string of the molecule is CCCOc1ccc(/C=C/C(=O)Nc2sc3c(c2C(=O)OCC)CCCC3)cc1OC. The van der Waals surface area contributed by atoms with Crippen LogP contribution in [0.3, 0.4) is 0 Å². The Bertz CT molecular complexity index is 963. The first-order chi connectivity index (χ1) is 15.1. The third kappa shape index (κ3) is 5.67. The molecule has 0 bridgehead atoms. The first-order valence-corrected chi connectivity index (χ1v) is 11.5. The fourth-order valence-electron chi connectivity index (χ4n) is 3.52. The Hall–Kier alpha value is -2.80.